The van der Waals surface area contributed by atoms with Gasteiger partial charge in [-0.2, -0.15) is 0 Å². The fourth-order valence-electron chi connectivity index (χ4n) is 4.15. The lowest BCUT2D eigenvalue weighted by Crippen LogP contribution is -2.31. The Morgan fingerprint density at radius 3 is 1.97 bits per heavy atom. The molecule has 0 bridgehead atoms. The van der Waals surface area contributed by atoms with E-state index in [4.69, 9.17) is 23.2 Å². The van der Waals surface area contributed by atoms with Crippen LogP contribution in [0.1, 0.15) is 23.5 Å². The molecule has 0 heterocycles. The second-order valence-electron chi connectivity index (χ2n) is 8.57. The lowest BCUT2D eigenvalue weighted by Gasteiger charge is -2.25. The summed E-state index contributed by atoms with van der Waals surface area (Å²) in [7, 11) is -1.98. The van der Waals surface area contributed by atoms with Crippen LogP contribution in [0.4, 0.5) is 0 Å². The van der Waals surface area contributed by atoms with Gasteiger partial charge in [0.1, 0.15) is 0 Å². The standard InChI is InChI=1S/C29H27Cl2NO2S/c1-32(35(33,34)27-10-6-3-7-11-27)21-26(25-18-19-28(30)29(31)20-25)17-14-22-12-15-24(16-13-22)23-8-4-2-5-9-23/h2-13,15-16,18-20,26H,14,17,21H2,1H3. The van der Waals surface area contributed by atoms with Gasteiger partial charge in [-0.05, 0) is 65.3 Å². The highest BCUT2D eigenvalue weighted by Gasteiger charge is 2.25. The summed E-state index contributed by atoms with van der Waals surface area (Å²) in [4.78, 5) is 0.284. The largest absolute Gasteiger partial charge is 0.242 e. The molecule has 4 aromatic rings. The molecule has 0 radical (unpaired) electrons. The number of benzene rings is 4. The molecule has 3 nitrogen and oxygen atoms in total. The Balaban J connectivity index is 1.54. The molecule has 0 amide bonds. The van der Waals surface area contributed by atoms with Crippen molar-refractivity contribution in [1.29, 1.82) is 0 Å². The van der Waals surface area contributed by atoms with Crippen molar-refractivity contribution in [3.05, 3.63) is 124 Å². The first-order chi connectivity index (χ1) is 16.8. The molecule has 1 unspecified atom stereocenters. The van der Waals surface area contributed by atoms with Gasteiger partial charge in [-0.1, -0.05) is 102 Å². The summed E-state index contributed by atoms with van der Waals surface area (Å²) in [5.74, 6) is -0.0537. The quantitative estimate of drug-likeness (QED) is 0.225. The lowest BCUT2D eigenvalue weighted by molar-refractivity contribution is 0.424. The van der Waals surface area contributed by atoms with Crippen molar-refractivity contribution in [2.45, 2.75) is 23.7 Å². The summed E-state index contributed by atoms with van der Waals surface area (Å²) in [6.45, 7) is 0.331. The van der Waals surface area contributed by atoms with Crippen LogP contribution in [0.25, 0.3) is 11.1 Å². The predicted octanol–water partition coefficient (Wildman–Crippen LogP) is 7.70. The van der Waals surface area contributed by atoms with Gasteiger partial charge in [0, 0.05) is 13.6 Å². The molecule has 4 aromatic carbocycles. The molecule has 0 aliphatic carbocycles. The molecule has 0 saturated heterocycles. The third-order valence-corrected chi connectivity index (χ3v) is 8.76. The number of halogens is 2. The second-order valence-corrected chi connectivity index (χ2v) is 11.4. The van der Waals surface area contributed by atoms with E-state index in [9.17, 15) is 8.42 Å². The normalized spacial score (nSPS) is 12.6. The maximum Gasteiger partial charge on any atom is 0.242 e. The van der Waals surface area contributed by atoms with Gasteiger partial charge in [0.25, 0.3) is 0 Å². The van der Waals surface area contributed by atoms with E-state index in [0.717, 1.165) is 18.4 Å². The van der Waals surface area contributed by atoms with Crippen LogP contribution in [0, 0.1) is 0 Å². The summed E-state index contributed by atoms with van der Waals surface area (Å²) < 4.78 is 27.7. The van der Waals surface area contributed by atoms with Crippen LogP contribution in [0.2, 0.25) is 10.0 Å². The minimum absolute atomic E-state index is 0.0537. The van der Waals surface area contributed by atoms with E-state index in [2.05, 4.69) is 36.4 Å². The monoisotopic (exact) mass is 523 g/mol. The molecule has 6 heteroatoms. The number of aryl methyl sites for hydroxylation is 1. The highest BCUT2D eigenvalue weighted by molar-refractivity contribution is 7.89. The second kappa shape index (κ2) is 11.4. The minimum atomic E-state index is -3.61. The maximum absolute atomic E-state index is 13.1. The molecule has 4 rings (SSSR count). The lowest BCUT2D eigenvalue weighted by atomic mass is 9.91. The number of hydrogen-bond donors (Lipinski definition) is 0. The third-order valence-electron chi connectivity index (χ3n) is 6.19. The first kappa shape index (κ1) is 25.5. The summed E-state index contributed by atoms with van der Waals surface area (Å²) in [6, 6.07) is 32.9. The summed E-state index contributed by atoms with van der Waals surface area (Å²) in [6.07, 6.45) is 1.57. The fraction of sp³-hybridized carbons (Fsp3) is 0.172. The van der Waals surface area contributed by atoms with Crippen molar-refractivity contribution in [1.82, 2.24) is 4.31 Å². The van der Waals surface area contributed by atoms with Gasteiger partial charge < -0.3 is 0 Å². The Hall–Kier alpha value is -2.63. The summed E-state index contributed by atoms with van der Waals surface area (Å²) in [5, 5.41) is 0.950. The van der Waals surface area contributed by atoms with Crippen molar-refractivity contribution >= 4 is 33.2 Å². The first-order valence-corrected chi connectivity index (χ1v) is 13.6. The van der Waals surface area contributed by atoms with Crippen LogP contribution in [0.5, 0.6) is 0 Å². The van der Waals surface area contributed by atoms with Crippen molar-refractivity contribution in [2.75, 3.05) is 13.6 Å². The van der Waals surface area contributed by atoms with Gasteiger partial charge in [-0.3, -0.25) is 0 Å². The average Bonchev–Trinajstić information content (AvgIpc) is 2.89. The SMILES string of the molecule is CN(CC(CCc1ccc(-c2ccccc2)cc1)c1ccc(Cl)c(Cl)c1)S(=O)(=O)c1ccccc1. The molecule has 35 heavy (non-hydrogen) atoms. The zero-order chi connectivity index (χ0) is 24.8. The van der Waals surface area contributed by atoms with Gasteiger partial charge in [-0.15, -0.1) is 0 Å². The van der Waals surface area contributed by atoms with Crippen molar-refractivity contribution < 1.29 is 8.42 Å². The van der Waals surface area contributed by atoms with Crippen LogP contribution in [-0.2, 0) is 16.4 Å². The molecule has 0 aromatic heterocycles. The Morgan fingerprint density at radius 1 is 0.743 bits per heavy atom. The van der Waals surface area contributed by atoms with Crippen LogP contribution in [0.15, 0.2) is 108 Å². The highest BCUT2D eigenvalue weighted by Crippen LogP contribution is 2.31. The molecular weight excluding hydrogens is 497 g/mol. The van der Waals surface area contributed by atoms with Gasteiger partial charge in [0.15, 0.2) is 0 Å². The number of sulfonamides is 1. The number of rotatable bonds is 9. The Labute approximate surface area is 218 Å². The Bertz CT molecular complexity index is 1360. The van der Waals surface area contributed by atoms with Crippen LogP contribution < -0.4 is 0 Å². The zero-order valence-electron chi connectivity index (χ0n) is 19.4. The van der Waals surface area contributed by atoms with E-state index >= 15 is 0 Å². The van der Waals surface area contributed by atoms with Crippen molar-refractivity contribution in [3.63, 3.8) is 0 Å². The molecule has 0 aliphatic heterocycles. The molecule has 0 N–H and O–H groups in total. The van der Waals surface area contributed by atoms with Crippen LogP contribution >= 0.6 is 23.2 Å². The van der Waals surface area contributed by atoms with Gasteiger partial charge >= 0.3 is 0 Å². The number of likely N-dealkylation sites (N-methyl/N-ethyl adjacent to an activating group) is 1. The van der Waals surface area contributed by atoms with E-state index in [1.165, 1.54) is 21.0 Å². The molecule has 180 valence electrons. The number of hydrogen-bond acceptors (Lipinski definition) is 2. The van der Waals surface area contributed by atoms with E-state index < -0.39 is 10.0 Å². The van der Waals surface area contributed by atoms with Gasteiger partial charge in [0.05, 0.1) is 14.9 Å². The van der Waals surface area contributed by atoms with E-state index in [0.29, 0.717) is 16.6 Å². The van der Waals surface area contributed by atoms with Crippen molar-refractivity contribution in [3.8, 4) is 11.1 Å². The molecule has 1 atom stereocenters. The maximum atomic E-state index is 13.1. The predicted molar refractivity (Wildman–Crippen MR) is 146 cm³/mol. The van der Waals surface area contributed by atoms with Gasteiger partial charge in [-0.25, -0.2) is 12.7 Å². The third kappa shape index (κ3) is 6.33. The topological polar surface area (TPSA) is 37.4 Å². The smallest absolute Gasteiger partial charge is 0.207 e. The van der Waals surface area contributed by atoms with Crippen molar-refractivity contribution in [2.24, 2.45) is 0 Å². The Morgan fingerprint density at radius 2 is 1.34 bits per heavy atom. The molecule has 0 saturated carbocycles. The van der Waals surface area contributed by atoms with Gasteiger partial charge in [0.2, 0.25) is 10.0 Å². The summed E-state index contributed by atoms with van der Waals surface area (Å²) in [5.41, 5.74) is 4.52. The molecule has 0 aliphatic rings. The number of nitrogens with zero attached hydrogens (tertiary/aromatic N) is 1. The van der Waals surface area contributed by atoms with Crippen LogP contribution in [0.3, 0.4) is 0 Å². The Kier molecular flexibility index (Phi) is 8.30. The van der Waals surface area contributed by atoms with E-state index in [-0.39, 0.29) is 10.8 Å². The molecule has 0 spiro atoms. The minimum Gasteiger partial charge on any atom is -0.207 e. The molecular formula is C29H27Cl2NO2S. The van der Waals surface area contributed by atoms with E-state index in [1.54, 1.807) is 43.4 Å². The highest BCUT2D eigenvalue weighted by atomic mass is 35.5. The van der Waals surface area contributed by atoms with E-state index in [1.807, 2.05) is 30.3 Å². The fourth-order valence-corrected chi connectivity index (χ4v) is 5.69. The summed E-state index contributed by atoms with van der Waals surface area (Å²) >= 11 is 12.5. The zero-order valence-corrected chi connectivity index (χ0v) is 21.8. The van der Waals surface area contributed by atoms with Crippen LogP contribution in [-0.4, -0.2) is 26.3 Å². The first-order valence-electron chi connectivity index (χ1n) is 11.5. The average molecular weight is 525 g/mol. The molecule has 0 fully saturated rings.